The van der Waals surface area contributed by atoms with E-state index >= 15 is 0 Å². The maximum Gasteiger partial charge on any atom is 0.234 e. The Morgan fingerprint density at radius 2 is 2.00 bits per heavy atom. The fourth-order valence-corrected chi connectivity index (χ4v) is 1.80. The van der Waals surface area contributed by atoms with Crippen LogP contribution >= 0.6 is 0 Å². The molecule has 1 atom stereocenters. The van der Waals surface area contributed by atoms with Gasteiger partial charge in [-0.2, -0.15) is 0 Å². The molecule has 1 aliphatic rings. The van der Waals surface area contributed by atoms with Crippen LogP contribution in [0.3, 0.4) is 0 Å². The smallest absolute Gasteiger partial charge is 0.234 e. The van der Waals surface area contributed by atoms with Crippen molar-refractivity contribution in [2.45, 2.75) is 64.1 Å². The van der Waals surface area contributed by atoms with Gasteiger partial charge in [-0.3, -0.25) is 4.79 Å². The number of aliphatic hydroxyl groups excluding tert-OH is 1. The van der Waals surface area contributed by atoms with Crippen LogP contribution in [0.25, 0.3) is 0 Å². The van der Waals surface area contributed by atoms with E-state index in [-0.39, 0.29) is 12.5 Å². The zero-order chi connectivity index (χ0) is 12.2. The van der Waals surface area contributed by atoms with Crippen molar-refractivity contribution in [3.63, 3.8) is 0 Å². The summed E-state index contributed by atoms with van der Waals surface area (Å²) in [6.07, 6.45) is 4.17. The molecule has 94 valence electrons. The minimum Gasteiger partial charge on any atom is -0.392 e. The number of aliphatic hydroxyl groups is 1. The minimum atomic E-state index is -0.480. The van der Waals surface area contributed by atoms with Crippen LogP contribution in [-0.4, -0.2) is 35.2 Å². The first-order chi connectivity index (χ1) is 7.42. The molecule has 0 saturated heterocycles. The predicted molar refractivity (Wildman–Crippen MR) is 64.2 cm³/mol. The van der Waals surface area contributed by atoms with Crippen LogP contribution in [0.4, 0.5) is 0 Å². The monoisotopic (exact) mass is 228 g/mol. The number of hydrogen-bond donors (Lipinski definition) is 3. The summed E-state index contributed by atoms with van der Waals surface area (Å²) < 4.78 is 0. The van der Waals surface area contributed by atoms with Crippen molar-refractivity contribution in [2.75, 3.05) is 6.54 Å². The van der Waals surface area contributed by atoms with E-state index in [1.165, 1.54) is 12.8 Å². The topological polar surface area (TPSA) is 61.4 Å². The lowest BCUT2D eigenvalue weighted by Crippen LogP contribution is -2.52. The lowest BCUT2D eigenvalue weighted by Gasteiger charge is -2.29. The molecule has 0 aromatic rings. The molecule has 4 nitrogen and oxygen atoms in total. The number of nitrogens with one attached hydrogen (secondary N) is 2. The van der Waals surface area contributed by atoms with Gasteiger partial charge in [0.25, 0.3) is 0 Å². The number of amides is 1. The molecule has 0 aromatic carbocycles. The summed E-state index contributed by atoms with van der Waals surface area (Å²) in [5.41, 5.74) is -0.424. The number of rotatable bonds is 5. The molecule has 0 radical (unpaired) electrons. The Labute approximate surface area is 97.8 Å². The minimum absolute atomic E-state index is 0.0284. The van der Waals surface area contributed by atoms with Crippen molar-refractivity contribution < 1.29 is 9.90 Å². The van der Waals surface area contributed by atoms with E-state index in [1.807, 2.05) is 13.8 Å². The van der Waals surface area contributed by atoms with Crippen LogP contribution in [0.15, 0.2) is 0 Å². The van der Waals surface area contributed by atoms with Crippen molar-refractivity contribution in [3.8, 4) is 0 Å². The molecule has 16 heavy (non-hydrogen) atoms. The molecule has 3 N–H and O–H groups in total. The Balaban J connectivity index is 2.24. The summed E-state index contributed by atoms with van der Waals surface area (Å²) in [6, 6.07) is 0.365. The van der Waals surface area contributed by atoms with E-state index in [2.05, 4.69) is 10.6 Å². The Hall–Kier alpha value is -0.610. The van der Waals surface area contributed by atoms with Gasteiger partial charge in [0, 0.05) is 11.6 Å². The lowest BCUT2D eigenvalue weighted by molar-refractivity contribution is -0.121. The second-order valence-electron chi connectivity index (χ2n) is 5.30. The van der Waals surface area contributed by atoms with E-state index in [9.17, 15) is 9.90 Å². The highest BCUT2D eigenvalue weighted by molar-refractivity contribution is 5.78. The van der Waals surface area contributed by atoms with Crippen molar-refractivity contribution in [2.24, 2.45) is 0 Å². The summed E-state index contributed by atoms with van der Waals surface area (Å²) in [6.45, 7) is 5.78. The molecular weight excluding hydrogens is 204 g/mol. The third-order valence-corrected chi connectivity index (χ3v) is 3.47. The zero-order valence-electron chi connectivity index (χ0n) is 10.5. The van der Waals surface area contributed by atoms with Crippen molar-refractivity contribution >= 4 is 5.91 Å². The SMILES string of the molecule is CC(O)C(C)(C)NCC(=O)NC1CCCC1. The lowest BCUT2D eigenvalue weighted by atomic mass is 9.99. The molecule has 4 heteroatoms. The van der Waals surface area contributed by atoms with Gasteiger partial charge in [0.1, 0.15) is 0 Å². The standard InChI is InChI=1S/C12H24N2O2/c1-9(15)12(2,3)13-8-11(16)14-10-6-4-5-7-10/h9-10,13,15H,4-8H2,1-3H3,(H,14,16). The summed E-state index contributed by atoms with van der Waals surface area (Å²) >= 11 is 0. The molecule has 0 heterocycles. The predicted octanol–water partition coefficient (Wildman–Crippen LogP) is 0.794. The Morgan fingerprint density at radius 3 is 2.50 bits per heavy atom. The molecule has 0 aromatic heterocycles. The fraction of sp³-hybridized carbons (Fsp3) is 0.917. The van der Waals surface area contributed by atoms with Gasteiger partial charge in [0.2, 0.25) is 5.91 Å². The van der Waals surface area contributed by atoms with E-state index < -0.39 is 11.6 Å². The van der Waals surface area contributed by atoms with Crippen LogP contribution in [0.1, 0.15) is 46.5 Å². The first-order valence-electron chi connectivity index (χ1n) is 6.14. The van der Waals surface area contributed by atoms with Gasteiger partial charge in [0.05, 0.1) is 12.6 Å². The number of carbonyl (C=O) groups is 1. The molecular formula is C12H24N2O2. The second-order valence-corrected chi connectivity index (χ2v) is 5.30. The zero-order valence-corrected chi connectivity index (χ0v) is 10.5. The first kappa shape index (κ1) is 13.5. The second kappa shape index (κ2) is 5.64. The van der Waals surface area contributed by atoms with Crippen LogP contribution in [0, 0.1) is 0 Å². The van der Waals surface area contributed by atoms with Crippen LogP contribution in [-0.2, 0) is 4.79 Å². The third-order valence-electron chi connectivity index (χ3n) is 3.47. The normalized spacial score (nSPS) is 19.8. The van der Waals surface area contributed by atoms with Gasteiger partial charge < -0.3 is 15.7 Å². The average Bonchev–Trinajstić information content (AvgIpc) is 2.67. The quantitative estimate of drug-likeness (QED) is 0.652. The molecule has 1 rings (SSSR count). The maximum absolute atomic E-state index is 11.6. The molecule has 0 aliphatic heterocycles. The summed E-state index contributed by atoms with van der Waals surface area (Å²) in [4.78, 5) is 11.6. The highest BCUT2D eigenvalue weighted by atomic mass is 16.3. The van der Waals surface area contributed by atoms with Gasteiger partial charge in [-0.15, -0.1) is 0 Å². The van der Waals surface area contributed by atoms with Crippen LogP contribution < -0.4 is 10.6 Å². The van der Waals surface area contributed by atoms with Gasteiger partial charge in [0.15, 0.2) is 0 Å². The van der Waals surface area contributed by atoms with Crippen molar-refractivity contribution in [3.05, 3.63) is 0 Å². The van der Waals surface area contributed by atoms with Crippen molar-refractivity contribution in [1.29, 1.82) is 0 Å². The van der Waals surface area contributed by atoms with Gasteiger partial charge in [-0.05, 0) is 33.6 Å². The highest BCUT2D eigenvalue weighted by Gasteiger charge is 2.24. The van der Waals surface area contributed by atoms with Crippen molar-refractivity contribution in [1.82, 2.24) is 10.6 Å². The average molecular weight is 228 g/mol. The Morgan fingerprint density at radius 1 is 1.44 bits per heavy atom. The van der Waals surface area contributed by atoms with E-state index in [4.69, 9.17) is 0 Å². The maximum atomic E-state index is 11.6. The summed E-state index contributed by atoms with van der Waals surface area (Å²) in [5.74, 6) is 0.0284. The largest absolute Gasteiger partial charge is 0.392 e. The van der Waals surface area contributed by atoms with E-state index in [0.29, 0.717) is 6.04 Å². The molecule has 1 unspecified atom stereocenters. The first-order valence-corrected chi connectivity index (χ1v) is 6.14. The van der Waals surface area contributed by atoms with Crippen LogP contribution in [0.5, 0.6) is 0 Å². The van der Waals surface area contributed by atoms with Gasteiger partial charge >= 0.3 is 0 Å². The summed E-state index contributed by atoms with van der Waals surface area (Å²) in [7, 11) is 0. The Kier molecular flexibility index (Phi) is 4.74. The molecule has 1 amide bonds. The summed E-state index contributed by atoms with van der Waals surface area (Å²) in [5, 5.41) is 15.6. The van der Waals surface area contributed by atoms with Crippen LogP contribution in [0.2, 0.25) is 0 Å². The van der Waals surface area contributed by atoms with E-state index in [0.717, 1.165) is 12.8 Å². The fourth-order valence-electron chi connectivity index (χ4n) is 1.80. The molecule has 0 bridgehead atoms. The third kappa shape index (κ3) is 4.10. The van der Waals surface area contributed by atoms with Gasteiger partial charge in [-0.25, -0.2) is 0 Å². The number of carbonyl (C=O) groups excluding carboxylic acids is 1. The Bertz CT molecular complexity index is 233. The highest BCUT2D eigenvalue weighted by Crippen LogP contribution is 2.17. The molecule has 0 spiro atoms. The molecule has 1 saturated carbocycles. The van der Waals surface area contributed by atoms with E-state index in [1.54, 1.807) is 6.92 Å². The van der Waals surface area contributed by atoms with Gasteiger partial charge in [-0.1, -0.05) is 12.8 Å². The number of hydrogen-bond acceptors (Lipinski definition) is 3. The molecule has 1 aliphatic carbocycles. The molecule has 1 fully saturated rings.